The number of carbonyl (C=O) groups is 1. The number of ether oxygens (including phenoxy) is 1. The van der Waals surface area contributed by atoms with Gasteiger partial charge in [0.15, 0.2) is 0 Å². The molecule has 1 amide bonds. The number of rotatable bonds is 8. The number of aromatic nitrogens is 2. The first-order valence-corrected chi connectivity index (χ1v) is 9.76. The molecule has 1 aromatic heterocycles. The Labute approximate surface area is 181 Å². The van der Waals surface area contributed by atoms with Gasteiger partial charge in [0.2, 0.25) is 17.6 Å². The largest absolute Gasteiger partial charge is 0.497 e. The number of aryl methyl sites for hydroxylation is 1. The van der Waals surface area contributed by atoms with Gasteiger partial charge in [-0.1, -0.05) is 23.4 Å². The summed E-state index contributed by atoms with van der Waals surface area (Å²) in [6.45, 7) is 2.38. The van der Waals surface area contributed by atoms with Crippen molar-refractivity contribution in [1.29, 1.82) is 0 Å². The molecule has 0 fully saturated rings. The lowest BCUT2D eigenvalue weighted by molar-refractivity contribution is -0.121. The molecule has 0 atom stereocenters. The molecule has 7 nitrogen and oxygen atoms in total. The van der Waals surface area contributed by atoms with Crippen LogP contribution in [0.25, 0.3) is 11.4 Å². The monoisotopic (exact) mass is 428 g/mol. The molecule has 2 aromatic carbocycles. The Morgan fingerprint density at radius 3 is 2.77 bits per heavy atom. The first-order chi connectivity index (χ1) is 14.2. The molecule has 0 unspecified atom stereocenters. The summed E-state index contributed by atoms with van der Waals surface area (Å²) in [5.41, 5.74) is 4.65. The molecule has 0 bridgehead atoms. The first kappa shape index (κ1) is 21.8. The third-order valence-corrected chi connectivity index (χ3v) is 5.00. The van der Waals surface area contributed by atoms with E-state index in [2.05, 4.69) is 39.0 Å². The summed E-state index contributed by atoms with van der Waals surface area (Å²) in [5.74, 6) is 1.88. The lowest BCUT2D eigenvalue weighted by Crippen LogP contribution is -2.22. The molecule has 8 heteroatoms. The summed E-state index contributed by atoms with van der Waals surface area (Å²) in [7, 11) is 1.63. The van der Waals surface area contributed by atoms with Crippen molar-refractivity contribution >= 4 is 18.3 Å². The highest BCUT2D eigenvalue weighted by Crippen LogP contribution is 2.20. The van der Waals surface area contributed by atoms with Gasteiger partial charge in [-0.05, 0) is 47.4 Å². The normalized spacial score (nSPS) is 12.2. The zero-order chi connectivity index (χ0) is 20.1. The smallest absolute Gasteiger partial charge is 0.226 e. The Kier molecular flexibility index (Phi) is 7.43. The molecule has 0 spiro atoms. The van der Waals surface area contributed by atoms with Crippen LogP contribution in [0.3, 0.4) is 0 Å². The van der Waals surface area contributed by atoms with Gasteiger partial charge in [-0.2, -0.15) is 4.98 Å². The number of hydrogen-bond acceptors (Lipinski definition) is 6. The number of nitrogens with one attached hydrogen (secondary N) is 2. The standard InChI is InChI=1S/C22H24N4O3.ClH/c1-28-19-9-7-16(8-10-19)22-25-21(29-26-22)4-2-3-20(27)24-12-15-5-6-17-13-23-14-18(17)11-15;/h5-11,23H,2-4,12-14H2,1H3,(H,24,27);1H. The highest BCUT2D eigenvalue weighted by molar-refractivity contribution is 5.85. The van der Waals surface area contributed by atoms with Crippen molar-refractivity contribution in [3.8, 4) is 17.1 Å². The molecular formula is C22H25ClN4O3. The molecule has 0 radical (unpaired) electrons. The van der Waals surface area contributed by atoms with Crippen LogP contribution in [0.15, 0.2) is 47.0 Å². The predicted molar refractivity (Wildman–Crippen MR) is 115 cm³/mol. The Balaban J connectivity index is 0.00000256. The van der Waals surface area contributed by atoms with Crippen molar-refractivity contribution in [2.24, 2.45) is 0 Å². The van der Waals surface area contributed by atoms with E-state index in [0.29, 0.717) is 37.5 Å². The second-order valence-electron chi connectivity index (χ2n) is 7.08. The van der Waals surface area contributed by atoms with Crippen molar-refractivity contribution in [2.75, 3.05) is 7.11 Å². The highest BCUT2D eigenvalue weighted by atomic mass is 35.5. The van der Waals surface area contributed by atoms with Crippen molar-refractivity contribution in [2.45, 2.75) is 38.9 Å². The van der Waals surface area contributed by atoms with Crippen LogP contribution in [0.2, 0.25) is 0 Å². The Bertz CT molecular complexity index is 988. The number of carbonyl (C=O) groups excluding carboxylic acids is 1. The minimum Gasteiger partial charge on any atom is -0.497 e. The number of hydrogen-bond donors (Lipinski definition) is 2. The van der Waals surface area contributed by atoms with Gasteiger partial charge < -0.3 is 19.9 Å². The van der Waals surface area contributed by atoms with E-state index in [-0.39, 0.29) is 18.3 Å². The molecule has 3 aromatic rings. The fourth-order valence-corrected chi connectivity index (χ4v) is 3.36. The average Bonchev–Trinajstić information content (AvgIpc) is 3.41. The zero-order valence-corrected chi connectivity index (χ0v) is 17.6. The molecular weight excluding hydrogens is 404 g/mol. The van der Waals surface area contributed by atoms with Gasteiger partial charge in [-0.25, -0.2) is 0 Å². The van der Waals surface area contributed by atoms with Crippen LogP contribution in [0, 0.1) is 0 Å². The minimum atomic E-state index is 0. The van der Waals surface area contributed by atoms with Gasteiger partial charge in [0, 0.05) is 38.0 Å². The summed E-state index contributed by atoms with van der Waals surface area (Å²) in [4.78, 5) is 16.5. The van der Waals surface area contributed by atoms with Crippen LogP contribution in [0.5, 0.6) is 5.75 Å². The van der Waals surface area contributed by atoms with Gasteiger partial charge >= 0.3 is 0 Å². The van der Waals surface area contributed by atoms with Crippen molar-refractivity contribution in [3.63, 3.8) is 0 Å². The van der Waals surface area contributed by atoms with Gasteiger partial charge in [-0.15, -0.1) is 12.4 Å². The molecule has 0 saturated carbocycles. The molecule has 0 saturated heterocycles. The van der Waals surface area contributed by atoms with Crippen LogP contribution in [0.1, 0.15) is 35.4 Å². The Morgan fingerprint density at radius 1 is 1.17 bits per heavy atom. The summed E-state index contributed by atoms with van der Waals surface area (Å²) >= 11 is 0. The molecule has 0 aliphatic carbocycles. The van der Waals surface area contributed by atoms with Gasteiger partial charge in [0.05, 0.1) is 7.11 Å². The molecule has 1 aliphatic rings. The molecule has 2 heterocycles. The van der Waals surface area contributed by atoms with Crippen molar-refractivity contribution in [3.05, 3.63) is 65.0 Å². The fraction of sp³-hybridized carbons (Fsp3) is 0.318. The molecule has 158 valence electrons. The lowest BCUT2D eigenvalue weighted by Gasteiger charge is -2.06. The summed E-state index contributed by atoms with van der Waals surface area (Å²) in [6.07, 6.45) is 1.65. The van der Waals surface area contributed by atoms with Crippen molar-refractivity contribution in [1.82, 2.24) is 20.8 Å². The predicted octanol–water partition coefficient (Wildman–Crippen LogP) is 3.41. The maximum atomic E-state index is 12.1. The average molecular weight is 429 g/mol. The van der Waals surface area contributed by atoms with Crippen LogP contribution < -0.4 is 15.4 Å². The van der Waals surface area contributed by atoms with Gasteiger partial charge in [-0.3, -0.25) is 4.79 Å². The Morgan fingerprint density at radius 2 is 1.97 bits per heavy atom. The number of methoxy groups -OCH3 is 1. The van der Waals surface area contributed by atoms with Crippen LogP contribution in [0.4, 0.5) is 0 Å². The van der Waals surface area contributed by atoms with Crippen molar-refractivity contribution < 1.29 is 14.1 Å². The second-order valence-corrected chi connectivity index (χ2v) is 7.08. The molecule has 1 aliphatic heterocycles. The van der Waals surface area contributed by atoms with E-state index in [9.17, 15) is 4.79 Å². The lowest BCUT2D eigenvalue weighted by atomic mass is 10.1. The Hall–Kier alpha value is -2.90. The van der Waals surface area contributed by atoms with E-state index in [1.807, 2.05) is 24.3 Å². The summed E-state index contributed by atoms with van der Waals surface area (Å²) < 4.78 is 10.4. The van der Waals surface area contributed by atoms with Gasteiger partial charge in [0.25, 0.3) is 0 Å². The van der Waals surface area contributed by atoms with Crippen LogP contribution in [-0.2, 0) is 30.8 Å². The van der Waals surface area contributed by atoms with Crippen LogP contribution >= 0.6 is 12.4 Å². The topological polar surface area (TPSA) is 89.3 Å². The van der Waals surface area contributed by atoms with E-state index < -0.39 is 0 Å². The number of amides is 1. The molecule has 30 heavy (non-hydrogen) atoms. The highest BCUT2D eigenvalue weighted by Gasteiger charge is 2.12. The zero-order valence-electron chi connectivity index (χ0n) is 16.8. The van der Waals surface area contributed by atoms with E-state index >= 15 is 0 Å². The van der Waals surface area contributed by atoms with E-state index in [1.54, 1.807) is 7.11 Å². The fourth-order valence-electron chi connectivity index (χ4n) is 3.36. The summed E-state index contributed by atoms with van der Waals surface area (Å²) in [6, 6.07) is 13.8. The summed E-state index contributed by atoms with van der Waals surface area (Å²) in [5, 5.41) is 10.3. The third-order valence-electron chi connectivity index (χ3n) is 5.00. The van der Waals surface area contributed by atoms with E-state index in [4.69, 9.17) is 9.26 Å². The SMILES string of the molecule is COc1ccc(-c2noc(CCCC(=O)NCc3ccc4c(c3)CNC4)n2)cc1.Cl. The number of benzene rings is 2. The number of fused-ring (bicyclic) bond motifs is 1. The first-order valence-electron chi connectivity index (χ1n) is 9.76. The van der Waals surface area contributed by atoms with E-state index in [1.165, 1.54) is 11.1 Å². The maximum Gasteiger partial charge on any atom is 0.226 e. The maximum absolute atomic E-state index is 12.1. The third kappa shape index (κ3) is 5.37. The number of halogens is 1. The minimum absolute atomic E-state index is 0. The number of nitrogens with zero attached hydrogens (tertiary/aromatic N) is 2. The molecule has 4 rings (SSSR count). The van der Waals surface area contributed by atoms with Crippen LogP contribution in [-0.4, -0.2) is 23.2 Å². The molecule has 2 N–H and O–H groups in total. The quantitative estimate of drug-likeness (QED) is 0.571. The van der Waals surface area contributed by atoms with Gasteiger partial charge in [0.1, 0.15) is 5.75 Å². The van der Waals surface area contributed by atoms with E-state index in [0.717, 1.165) is 30.0 Å². The second kappa shape index (κ2) is 10.2.